The molecule has 62 valence electrons. The zero-order chi connectivity index (χ0) is 7.66. The predicted molar refractivity (Wildman–Crippen MR) is 52.4 cm³/mol. The highest BCUT2D eigenvalue weighted by Gasteiger charge is 1.87. The van der Waals surface area contributed by atoms with Gasteiger partial charge in [0.05, 0.1) is 0 Å². The highest BCUT2D eigenvalue weighted by molar-refractivity contribution is 7.78. The minimum atomic E-state index is 1.01. The Morgan fingerprint density at radius 2 is 1.10 bits per heavy atom. The first-order valence-electron chi connectivity index (χ1n) is 3.65. The quantitative estimate of drug-likeness (QED) is 0.352. The van der Waals surface area contributed by atoms with Gasteiger partial charge in [0.1, 0.15) is 0 Å². The molecule has 0 bridgehead atoms. The fraction of sp³-hybridized carbons (Fsp3) is 1.00. The first-order valence-corrected chi connectivity index (χ1v) is 4.55. The van der Waals surface area contributed by atoms with Gasteiger partial charge in [-0.3, -0.25) is 9.44 Å². The third-order valence-electron chi connectivity index (χ3n) is 1.33. The Morgan fingerprint density at radius 1 is 0.700 bits per heavy atom. The van der Waals surface area contributed by atoms with Crippen LogP contribution in [-0.2, 0) is 0 Å². The molecule has 0 aromatic carbocycles. The van der Waals surface area contributed by atoms with Crippen LogP contribution in [-0.4, -0.2) is 13.1 Å². The largest absolute Gasteiger partial charge is 0.267 e. The van der Waals surface area contributed by atoms with Gasteiger partial charge in [0.2, 0.25) is 0 Å². The molecule has 2 N–H and O–H groups in total. The Hall–Kier alpha value is 0.620. The Labute approximate surface area is 74.2 Å². The lowest BCUT2D eigenvalue weighted by molar-refractivity contribution is 0.637. The van der Waals surface area contributed by atoms with Crippen molar-refractivity contribution in [2.24, 2.45) is 0 Å². The summed E-state index contributed by atoms with van der Waals surface area (Å²) in [6, 6.07) is 0. The molecule has 0 saturated carbocycles. The van der Waals surface area contributed by atoms with E-state index in [9.17, 15) is 0 Å². The lowest BCUT2D eigenvalue weighted by atomic mass is 10.2. The third kappa shape index (κ3) is 8.62. The summed E-state index contributed by atoms with van der Waals surface area (Å²) >= 11 is 7.78. The van der Waals surface area contributed by atoms with Gasteiger partial charge in [0.25, 0.3) is 0 Å². The highest BCUT2D eigenvalue weighted by atomic mass is 32.1. The van der Waals surface area contributed by atoms with Crippen LogP contribution in [0.1, 0.15) is 25.7 Å². The topological polar surface area (TPSA) is 24.1 Å². The molecule has 0 amide bonds. The van der Waals surface area contributed by atoms with Crippen LogP contribution >= 0.6 is 25.6 Å². The molecule has 0 unspecified atom stereocenters. The Bertz CT molecular complexity index is 53.7. The van der Waals surface area contributed by atoms with E-state index in [1.807, 2.05) is 0 Å². The SMILES string of the molecule is SNCCCCCCNS. The van der Waals surface area contributed by atoms with E-state index in [4.69, 9.17) is 0 Å². The molecule has 0 saturated heterocycles. The summed E-state index contributed by atoms with van der Waals surface area (Å²) in [7, 11) is 0. The second-order valence-electron chi connectivity index (χ2n) is 2.23. The fourth-order valence-corrected chi connectivity index (χ4v) is 1.08. The normalized spacial score (nSPS) is 10.2. The van der Waals surface area contributed by atoms with Crippen molar-refractivity contribution in [3.63, 3.8) is 0 Å². The second-order valence-corrected chi connectivity index (χ2v) is 2.86. The fourth-order valence-electron chi connectivity index (χ4n) is 0.762. The van der Waals surface area contributed by atoms with E-state index in [0.29, 0.717) is 0 Å². The lowest BCUT2D eigenvalue weighted by Crippen LogP contribution is -2.02. The Kier molecular flexibility index (Phi) is 10.2. The molecule has 0 rings (SSSR count). The highest BCUT2D eigenvalue weighted by Crippen LogP contribution is 1.97. The number of rotatable bonds is 7. The van der Waals surface area contributed by atoms with Crippen LogP contribution in [0.4, 0.5) is 0 Å². The number of hydrogen-bond donors (Lipinski definition) is 4. The standard InChI is InChI=1S/C6H16N2S2/c9-7-5-3-1-2-4-6-8-10/h7-10H,1-6H2. The lowest BCUT2D eigenvalue weighted by Gasteiger charge is -1.98. The van der Waals surface area contributed by atoms with Gasteiger partial charge in [-0.2, -0.15) is 0 Å². The second kappa shape index (κ2) is 9.62. The summed E-state index contributed by atoms with van der Waals surface area (Å²) in [5, 5.41) is 0. The van der Waals surface area contributed by atoms with Gasteiger partial charge in [-0.05, 0) is 12.8 Å². The van der Waals surface area contributed by atoms with Crippen molar-refractivity contribution in [2.45, 2.75) is 25.7 Å². The number of hydrogen-bond acceptors (Lipinski definition) is 4. The van der Waals surface area contributed by atoms with Gasteiger partial charge < -0.3 is 0 Å². The maximum atomic E-state index is 3.89. The number of unbranched alkanes of at least 4 members (excludes halogenated alkanes) is 3. The molecule has 2 nitrogen and oxygen atoms in total. The van der Waals surface area contributed by atoms with Crippen molar-refractivity contribution in [3.8, 4) is 0 Å². The molecular formula is C6H16N2S2. The van der Waals surface area contributed by atoms with E-state index in [2.05, 4.69) is 35.1 Å². The molecule has 0 radical (unpaired) electrons. The molecule has 0 spiro atoms. The zero-order valence-electron chi connectivity index (χ0n) is 6.14. The molecule has 0 aliphatic heterocycles. The van der Waals surface area contributed by atoms with Gasteiger partial charge in [0.15, 0.2) is 0 Å². The van der Waals surface area contributed by atoms with E-state index in [-0.39, 0.29) is 0 Å². The van der Waals surface area contributed by atoms with Gasteiger partial charge in [-0.1, -0.05) is 38.5 Å². The smallest absolute Gasteiger partial charge is 0.00561 e. The number of thiol groups is 2. The van der Waals surface area contributed by atoms with Gasteiger partial charge in [0, 0.05) is 13.1 Å². The van der Waals surface area contributed by atoms with Crippen molar-refractivity contribution in [2.75, 3.05) is 13.1 Å². The zero-order valence-corrected chi connectivity index (χ0v) is 7.93. The maximum Gasteiger partial charge on any atom is 0.00561 e. The molecule has 10 heavy (non-hydrogen) atoms. The van der Waals surface area contributed by atoms with Crippen molar-refractivity contribution < 1.29 is 0 Å². The monoisotopic (exact) mass is 180 g/mol. The van der Waals surface area contributed by atoms with E-state index < -0.39 is 0 Å². The average Bonchev–Trinajstić information content (AvgIpc) is 1.97. The Morgan fingerprint density at radius 3 is 1.40 bits per heavy atom. The predicted octanol–water partition coefficient (Wildman–Crippen LogP) is 1.42. The van der Waals surface area contributed by atoms with Gasteiger partial charge in [-0.25, -0.2) is 0 Å². The third-order valence-corrected chi connectivity index (χ3v) is 1.77. The Balaban J connectivity index is 2.65. The molecule has 0 aliphatic carbocycles. The molecule has 0 aromatic rings. The summed E-state index contributed by atoms with van der Waals surface area (Å²) in [5.74, 6) is 0. The summed E-state index contributed by atoms with van der Waals surface area (Å²) in [5.41, 5.74) is 0. The number of nitrogens with one attached hydrogen (secondary N) is 2. The molecule has 0 aliphatic rings. The van der Waals surface area contributed by atoms with Gasteiger partial charge >= 0.3 is 0 Å². The van der Waals surface area contributed by atoms with Crippen LogP contribution in [0.2, 0.25) is 0 Å². The first-order chi connectivity index (χ1) is 4.91. The molecule has 0 aromatic heterocycles. The molecular weight excluding hydrogens is 164 g/mol. The summed E-state index contributed by atoms with van der Waals surface area (Å²) in [6.07, 6.45) is 5.00. The minimum absolute atomic E-state index is 1.01. The van der Waals surface area contributed by atoms with Crippen molar-refractivity contribution >= 4 is 25.6 Å². The maximum absolute atomic E-state index is 3.89. The van der Waals surface area contributed by atoms with E-state index in [1.165, 1.54) is 25.7 Å². The average molecular weight is 180 g/mol. The van der Waals surface area contributed by atoms with E-state index in [1.54, 1.807) is 0 Å². The van der Waals surface area contributed by atoms with Crippen LogP contribution in [0.5, 0.6) is 0 Å². The van der Waals surface area contributed by atoms with E-state index in [0.717, 1.165) is 13.1 Å². The summed E-state index contributed by atoms with van der Waals surface area (Å²) in [6.45, 7) is 2.02. The van der Waals surface area contributed by atoms with Crippen LogP contribution in [0.25, 0.3) is 0 Å². The minimum Gasteiger partial charge on any atom is -0.267 e. The van der Waals surface area contributed by atoms with Crippen LogP contribution < -0.4 is 9.44 Å². The molecule has 4 heteroatoms. The van der Waals surface area contributed by atoms with Crippen LogP contribution in [0.15, 0.2) is 0 Å². The van der Waals surface area contributed by atoms with Crippen molar-refractivity contribution in [1.82, 2.24) is 9.44 Å². The molecule has 0 heterocycles. The molecule has 0 atom stereocenters. The molecule has 0 fully saturated rings. The first kappa shape index (κ1) is 10.6. The summed E-state index contributed by atoms with van der Waals surface area (Å²) < 4.78 is 5.64. The van der Waals surface area contributed by atoms with Crippen molar-refractivity contribution in [1.29, 1.82) is 0 Å². The van der Waals surface area contributed by atoms with Gasteiger partial charge in [-0.15, -0.1) is 0 Å². The van der Waals surface area contributed by atoms with Crippen LogP contribution in [0, 0.1) is 0 Å². The summed E-state index contributed by atoms with van der Waals surface area (Å²) in [4.78, 5) is 0. The van der Waals surface area contributed by atoms with Crippen molar-refractivity contribution in [3.05, 3.63) is 0 Å². The van der Waals surface area contributed by atoms with Crippen LogP contribution in [0.3, 0.4) is 0 Å². The van der Waals surface area contributed by atoms with E-state index >= 15 is 0 Å².